The maximum absolute atomic E-state index is 11.9. The molecule has 0 spiro atoms. The van der Waals surface area contributed by atoms with E-state index in [0.717, 1.165) is 0 Å². The molecule has 6 nitrogen and oxygen atoms in total. The Morgan fingerprint density at radius 3 is 2.62 bits per heavy atom. The van der Waals surface area contributed by atoms with Crippen LogP contribution < -0.4 is 10.6 Å². The van der Waals surface area contributed by atoms with Gasteiger partial charge in [0.1, 0.15) is 6.04 Å². The molecule has 0 aliphatic rings. The van der Waals surface area contributed by atoms with Crippen LogP contribution in [-0.2, 0) is 4.79 Å². The zero-order chi connectivity index (χ0) is 16.0. The van der Waals surface area contributed by atoms with Crippen LogP contribution in [0, 0.1) is 17.2 Å². The lowest BCUT2D eigenvalue weighted by atomic mass is 9.99. The normalized spacial score (nSPS) is 12.9. The number of hydrogen-bond acceptors (Lipinski definition) is 3. The van der Waals surface area contributed by atoms with Crippen molar-refractivity contribution in [3.8, 4) is 6.07 Å². The molecule has 0 bridgehead atoms. The van der Waals surface area contributed by atoms with Crippen molar-refractivity contribution in [3.63, 3.8) is 0 Å². The zero-order valence-electron chi connectivity index (χ0n) is 11.7. The van der Waals surface area contributed by atoms with E-state index in [0.29, 0.717) is 22.1 Å². The van der Waals surface area contributed by atoms with Crippen LogP contribution in [0.15, 0.2) is 22.7 Å². The standard InChI is InChI=1S/C14H16BrN3O3/c1-3-8(2)12(13(19)20)18-14(21)17-11-5-4-9(7-16)6-10(11)15/h4-6,8,12H,3H2,1-2H3,(H,19,20)(H2,17,18,21)/t8?,12-/m0/s1. The van der Waals surface area contributed by atoms with Crippen LogP contribution in [0.1, 0.15) is 25.8 Å². The van der Waals surface area contributed by atoms with Gasteiger partial charge >= 0.3 is 12.0 Å². The number of rotatable bonds is 5. The summed E-state index contributed by atoms with van der Waals surface area (Å²) in [5, 5.41) is 22.9. The summed E-state index contributed by atoms with van der Waals surface area (Å²) in [6, 6.07) is 5.12. The SMILES string of the molecule is CCC(C)[C@H](NC(=O)Nc1ccc(C#N)cc1Br)C(=O)O. The van der Waals surface area contributed by atoms with Gasteiger partial charge in [0.05, 0.1) is 17.3 Å². The topological polar surface area (TPSA) is 102 Å². The first kappa shape index (κ1) is 17.0. The Balaban J connectivity index is 2.77. The minimum atomic E-state index is -1.07. The number of carboxylic acid groups (broad SMARTS) is 1. The van der Waals surface area contributed by atoms with Crippen LogP contribution in [0.2, 0.25) is 0 Å². The number of anilines is 1. The van der Waals surface area contributed by atoms with Gasteiger partial charge in [0, 0.05) is 4.47 Å². The molecule has 0 aromatic heterocycles. The molecule has 0 aliphatic heterocycles. The Labute approximate surface area is 131 Å². The predicted molar refractivity (Wildman–Crippen MR) is 81.9 cm³/mol. The molecule has 0 heterocycles. The highest BCUT2D eigenvalue weighted by molar-refractivity contribution is 9.10. The third-order valence-electron chi connectivity index (χ3n) is 3.11. The lowest BCUT2D eigenvalue weighted by Crippen LogP contribution is -2.46. The molecule has 0 aliphatic carbocycles. The summed E-state index contributed by atoms with van der Waals surface area (Å²) in [5.41, 5.74) is 0.913. The number of carbonyl (C=O) groups is 2. The van der Waals surface area contributed by atoms with Gasteiger partial charge in [0.2, 0.25) is 0 Å². The maximum Gasteiger partial charge on any atom is 0.326 e. The fourth-order valence-corrected chi connectivity index (χ4v) is 2.15. The lowest BCUT2D eigenvalue weighted by molar-refractivity contribution is -0.140. The smallest absolute Gasteiger partial charge is 0.326 e. The van der Waals surface area contributed by atoms with E-state index in [-0.39, 0.29) is 5.92 Å². The molecule has 112 valence electrons. The van der Waals surface area contributed by atoms with E-state index in [1.54, 1.807) is 25.1 Å². The van der Waals surface area contributed by atoms with Gasteiger partial charge in [-0.15, -0.1) is 0 Å². The first-order valence-corrected chi connectivity index (χ1v) is 7.18. The lowest BCUT2D eigenvalue weighted by Gasteiger charge is -2.20. The van der Waals surface area contributed by atoms with Gasteiger partial charge in [0.15, 0.2) is 0 Å². The average Bonchev–Trinajstić information content (AvgIpc) is 2.45. The van der Waals surface area contributed by atoms with E-state index in [1.165, 1.54) is 0 Å². The quantitative estimate of drug-likeness (QED) is 0.756. The van der Waals surface area contributed by atoms with Gasteiger partial charge < -0.3 is 15.7 Å². The highest BCUT2D eigenvalue weighted by Crippen LogP contribution is 2.23. The summed E-state index contributed by atoms with van der Waals surface area (Å²) in [7, 11) is 0. The van der Waals surface area contributed by atoms with Crippen molar-refractivity contribution >= 4 is 33.6 Å². The van der Waals surface area contributed by atoms with Crippen LogP contribution in [0.3, 0.4) is 0 Å². The number of amides is 2. The van der Waals surface area contributed by atoms with Crippen LogP contribution in [0.5, 0.6) is 0 Å². The number of benzene rings is 1. The number of carboxylic acids is 1. The first-order chi connectivity index (χ1) is 9.88. The van der Waals surface area contributed by atoms with Crippen LogP contribution >= 0.6 is 15.9 Å². The molecule has 1 rings (SSSR count). The molecular formula is C14H16BrN3O3. The van der Waals surface area contributed by atoms with Crippen molar-refractivity contribution in [2.45, 2.75) is 26.3 Å². The molecule has 2 amide bonds. The van der Waals surface area contributed by atoms with Gasteiger partial charge in [-0.1, -0.05) is 20.3 Å². The number of nitriles is 1. The molecule has 1 aromatic carbocycles. The van der Waals surface area contributed by atoms with Crippen molar-refractivity contribution in [1.82, 2.24) is 5.32 Å². The Morgan fingerprint density at radius 1 is 1.48 bits per heavy atom. The second kappa shape index (κ2) is 7.64. The van der Waals surface area contributed by atoms with Crippen molar-refractivity contribution in [2.75, 3.05) is 5.32 Å². The summed E-state index contributed by atoms with van der Waals surface area (Å²) in [5.74, 6) is -1.25. The third kappa shape index (κ3) is 4.76. The molecule has 0 radical (unpaired) electrons. The van der Waals surface area contributed by atoms with Crippen molar-refractivity contribution < 1.29 is 14.7 Å². The Bertz CT molecular complexity index is 583. The van der Waals surface area contributed by atoms with E-state index in [9.17, 15) is 9.59 Å². The van der Waals surface area contributed by atoms with Crippen LogP contribution in [0.25, 0.3) is 0 Å². The van der Waals surface area contributed by atoms with Crippen molar-refractivity contribution in [2.24, 2.45) is 5.92 Å². The molecular weight excluding hydrogens is 338 g/mol. The van der Waals surface area contributed by atoms with E-state index >= 15 is 0 Å². The van der Waals surface area contributed by atoms with Gasteiger partial charge in [-0.25, -0.2) is 9.59 Å². The van der Waals surface area contributed by atoms with E-state index < -0.39 is 18.0 Å². The second-order valence-electron chi connectivity index (χ2n) is 4.61. The number of hydrogen-bond donors (Lipinski definition) is 3. The average molecular weight is 354 g/mol. The monoisotopic (exact) mass is 353 g/mol. The molecule has 0 saturated carbocycles. The highest BCUT2D eigenvalue weighted by Gasteiger charge is 2.25. The van der Waals surface area contributed by atoms with Gasteiger partial charge in [-0.2, -0.15) is 5.26 Å². The number of urea groups is 1. The molecule has 0 fully saturated rings. The fraction of sp³-hybridized carbons (Fsp3) is 0.357. The maximum atomic E-state index is 11.9. The van der Waals surface area contributed by atoms with Crippen molar-refractivity contribution in [1.29, 1.82) is 5.26 Å². The minimum Gasteiger partial charge on any atom is -0.480 e. The van der Waals surface area contributed by atoms with E-state index in [2.05, 4.69) is 26.6 Å². The number of halogens is 1. The number of carbonyl (C=O) groups excluding carboxylic acids is 1. The largest absolute Gasteiger partial charge is 0.480 e. The molecule has 3 N–H and O–H groups in total. The van der Waals surface area contributed by atoms with Crippen LogP contribution in [0.4, 0.5) is 10.5 Å². The number of aliphatic carboxylic acids is 1. The van der Waals surface area contributed by atoms with E-state index in [1.807, 2.05) is 13.0 Å². The molecule has 2 atom stereocenters. The Hall–Kier alpha value is -2.07. The molecule has 21 heavy (non-hydrogen) atoms. The third-order valence-corrected chi connectivity index (χ3v) is 3.77. The second-order valence-corrected chi connectivity index (χ2v) is 5.46. The van der Waals surface area contributed by atoms with Gasteiger partial charge in [-0.05, 0) is 40.0 Å². The van der Waals surface area contributed by atoms with Crippen molar-refractivity contribution in [3.05, 3.63) is 28.2 Å². The van der Waals surface area contributed by atoms with Gasteiger partial charge in [-0.3, -0.25) is 0 Å². The Morgan fingerprint density at radius 2 is 2.14 bits per heavy atom. The minimum absolute atomic E-state index is 0.183. The number of nitrogens with one attached hydrogen (secondary N) is 2. The predicted octanol–water partition coefficient (Wildman–Crippen LogP) is 2.94. The molecule has 7 heteroatoms. The summed E-state index contributed by atoms with van der Waals surface area (Å²) < 4.78 is 0.548. The Kier molecular flexibility index (Phi) is 6.18. The summed E-state index contributed by atoms with van der Waals surface area (Å²) in [6.45, 7) is 3.62. The molecule has 1 unspecified atom stereocenters. The van der Waals surface area contributed by atoms with Gasteiger partial charge in [0.25, 0.3) is 0 Å². The molecule has 0 saturated heterocycles. The summed E-state index contributed by atoms with van der Waals surface area (Å²) >= 11 is 3.24. The van der Waals surface area contributed by atoms with E-state index in [4.69, 9.17) is 10.4 Å². The molecule has 1 aromatic rings. The van der Waals surface area contributed by atoms with Crippen LogP contribution in [-0.4, -0.2) is 23.1 Å². The number of nitrogens with zero attached hydrogens (tertiary/aromatic N) is 1. The first-order valence-electron chi connectivity index (χ1n) is 6.39. The summed E-state index contributed by atoms with van der Waals surface area (Å²) in [4.78, 5) is 23.0. The zero-order valence-corrected chi connectivity index (χ0v) is 13.3. The summed E-state index contributed by atoms with van der Waals surface area (Å²) in [6.07, 6.45) is 0.637. The highest BCUT2D eigenvalue weighted by atomic mass is 79.9. The fourth-order valence-electron chi connectivity index (χ4n) is 1.67.